The highest BCUT2D eigenvalue weighted by Gasteiger charge is 2.22. The Kier molecular flexibility index (Phi) is 2.37. The number of aromatic hydroxyl groups is 1. The maximum absolute atomic E-state index is 10.6. The van der Waals surface area contributed by atoms with Crippen LogP contribution in [-0.2, 0) is 0 Å². The monoisotopic (exact) mass is 197 g/mol. The summed E-state index contributed by atoms with van der Waals surface area (Å²) in [4.78, 5) is 24.8. The van der Waals surface area contributed by atoms with Gasteiger partial charge in [0, 0.05) is 6.20 Å². The van der Waals surface area contributed by atoms with Gasteiger partial charge in [0.25, 0.3) is 0 Å². The summed E-state index contributed by atoms with van der Waals surface area (Å²) in [5.41, 5.74) is -1.09. The standard InChI is InChI=1S/C8H7NO5/c1-3-6(10)5(8(13)14)4(2-9-3)7(11)12/h2,10H,1H3,(H,11,12)(H,13,14). The van der Waals surface area contributed by atoms with Gasteiger partial charge in [-0.2, -0.15) is 0 Å². The highest BCUT2D eigenvalue weighted by Crippen LogP contribution is 2.23. The number of carboxylic acids is 2. The molecule has 0 aliphatic heterocycles. The van der Waals surface area contributed by atoms with E-state index in [1.54, 1.807) is 0 Å². The van der Waals surface area contributed by atoms with Crippen LogP contribution in [0.5, 0.6) is 5.75 Å². The van der Waals surface area contributed by atoms with Crippen LogP contribution in [0, 0.1) is 6.92 Å². The van der Waals surface area contributed by atoms with Gasteiger partial charge in [-0.3, -0.25) is 4.98 Å². The van der Waals surface area contributed by atoms with Crippen LogP contribution in [0.2, 0.25) is 0 Å². The van der Waals surface area contributed by atoms with Crippen molar-refractivity contribution in [2.45, 2.75) is 6.92 Å². The second kappa shape index (κ2) is 3.33. The lowest BCUT2D eigenvalue weighted by molar-refractivity contribution is 0.0647. The molecule has 1 aromatic rings. The molecule has 1 heterocycles. The second-order valence-electron chi connectivity index (χ2n) is 2.59. The van der Waals surface area contributed by atoms with Crippen LogP contribution in [-0.4, -0.2) is 32.2 Å². The first kappa shape index (κ1) is 9.97. The van der Waals surface area contributed by atoms with E-state index in [-0.39, 0.29) is 5.69 Å². The first-order valence-corrected chi connectivity index (χ1v) is 3.60. The second-order valence-corrected chi connectivity index (χ2v) is 2.59. The predicted molar refractivity (Wildman–Crippen MR) is 44.6 cm³/mol. The molecule has 0 aliphatic rings. The molecule has 6 nitrogen and oxygen atoms in total. The van der Waals surface area contributed by atoms with Gasteiger partial charge in [0.05, 0.1) is 11.3 Å². The number of rotatable bonds is 2. The summed E-state index contributed by atoms with van der Waals surface area (Å²) >= 11 is 0. The molecule has 0 saturated carbocycles. The number of carbonyl (C=O) groups is 2. The molecule has 1 rings (SSSR count). The average molecular weight is 197 g/mol. The summed E-state index contributed by atoms with van der Waals surface area (Å²) in [5, 5.41) is 26.6. The molecular weight excluding hydrogens is 190 g/mol. The molecular formula is C8H7NO5. The summed E-state index contributed by atoms with van der Waals surface area (Å²) in [6.45, 7) is 1.38. The molecule has 0 saturated heterocycles. The van der Waals surface area contributed by atoms with Crippen LogP contribution in [0.1, 0.15) is 26.4 Å². The molecule has 0 spiro atoms. The van der Waals surface area contributed by atoms with Gasteiger partial charge in [0.2, 0.25) is 0 Å². The summed E-state index contributed by atoms with van der Waals surface area (Å²) in [6.07, 6.45) is 0.904. The van der Waals surface area contributed by atoms with E-state index in [1.807, 2.05) is 0 Å². The smallest absolute Gasteiger partial charge is 0.340 e. The van der Waals surface area contributed by atoms with E-state index in [2.05, 4.69) is 4.98 Å². The van der Waals surface area contributed by atoms with Crippen molar-refractivity contribution in [1.29, 1.82) is 0 Å². The third-order valence-electron chi connectivity index (χ3n) is 1.68. The normalized spacial score (nSPS) is 9.79. The molecule has 0 aromatic carbocycles. The molecule has 0 unspecified atom stereocenters. The van der Waals surface area contributed by atoms with Crippen LogP contribution in [0.15, 0.2) is 6.20 Å². The zero-order valence-corrected chi connectivity index (χ0v) is 7.18. The minimum absolute atomic E-state index is 0.0763. The Balaban J connectivity index is 3.53. The Labute approximate surface area is 78.5 Å². The molecule has 6 heteroatoms. The molecule has 0 aliphatic carbocycles. The third kappa shape index (κ3) is 1.49. The van der Waals surface area contributed by atoms with E-state index >= 15 is 0 Å². The van der Waals surface area contributed by atoms with Gasteiger partial charge in [-0.15, -0.1) is 0 Å². The van der Waals surface area contributed by atoms with Crippen LogP contribution < -0.4 is 0 Å². The summed E-state index contributed by atoms with van der Waals surface area (Å²) in [5.74, 6) is -3.55. The lowest BCUT2D eigenvalue weighted by atomic mass is 10.1. The highest BCUT2D eigenvalue weighted by atomic mass is 16.4. The zero-order valence-electron chi connectivity index (χ0n) is 7.18. The maximum atomic E-state index is 10.6. The molecule has 74 valence electrons. The van der Waals surface area contributed by atoms with Gasteiger partial charge in [0.15, 0.2) is 5.75 Å². The van der Waals surface area contributed by atoms with E-state index in [1.165, 1.54) is 6.92 Å². The van der Waals surface area contributed by atoms with E-state index in [0.29, 0.717) is 0 Å². The minimum Gasteiger partial charge on any atom is -0.505 e. The van der Waals surface area contributed by atoms with Gasteiger partial charge >= 0.3 is 11.9 Å². The van der Waals surface area contributed by atoms with E-state index in [9.17, 15) is 14.7 Å². The number of aromatic carboxylic acids is 2. The van der Waals surface area contributed by atoms with Crippen LogP contribution >= 0.6 is 0 Å². The van der Waals surface area contributed by atoms with Crippen LogP contribution in [0.3, 0.4) is 0 Å². The first-order chi connectivity index (χ1) is 6.45. The van der Waals surface area contributed by atoms with E-state index < -0.39 is 28.8 Å². The summed E-state index contributed by atoms with van der Waals surface area (Å²) in [7, 11) is 0. The molecule has 1 aromatic heterocycles. The van der Waals surface area contributed by atoms with Gasteiger partial charge in [-0.1, -0.05) is 0 Å². The molecule has 0 radical (unpaired) electrons. The number of aryl methyl sites for hydroxylation is 1. The van der Waals surface area contributed by atoms with Gasteiger partial charge in [0.1, 0.15) is 5.56 Å². The maximum Gasteiger partial charge on any atom is 0.340 e. The van der Waals surface area contributed by atoms with Gasteiger partial charge in [-0.25, -0.2) is 9.59 Å². The number of hydrogen-bond donors (Lipinski definition) is 3. The number of aromatic nitrogens is 1. The highest BCUT2D eigenvalue weighted by molar-refractivity contribution is 6.03. The van der Waals surface area contributed by atoms with Gasteiger partial charge in [-0.05, 0) is 6.92 Å². The lowest BCUT2D eigenvalue weighted by Gasteiger charge is -2.05. The van der Waals surface area contributed by atoms with Crippen molar-refractivity contribution in [3.05, 3.63) is 23.0 Å². The van der Waals surface area contributed by atoms with Crippen molar-refractivity contribution < 1.29 is 24.9 Å². The summed E-state index contributed by atoms with van der Waals surface area (Å²) in [6, 6.07) is 0. The van der Waals surface area contributed by atoms with Crippen LogP contribution in [0.25, 0.3) is 0 Å². The van der Waals surface area contributed by atoms with Crippen LogP contribution in [0.4, 0.5) is 0 Å². The fourth-order valence-electron chi connectivity index (χ4n) is 0.974. The Morgan fingerprint density at radius 2 is 1.86 bits per heavy atom. The van der Waals surface area contributed by atoms with Crippen molar-refractivity contribution in [2.24, 2.45) is 0 Å². The van der Waals surface area contributed by atoms with Crippen molar-refractivity contribution in [2.75, 3.05) is 0 Å². The number of carboxylic acid groups (broad SMARTS) is 2. The van der Waals surface area contributed by atoms with E-state index in [4.69, 9.17) is 10.2 Å². The van der Waals surface area contributed by atoms with Crippen molar-refractivity contribution >= 4 is 11.9 Å². The Hall–Kier alpha value is -2.11. The first-order valence-electron chi connectivity index (χ1n) is 3.60. The number of nitrogens with zero attached hydrogens (tertiary/aromatic N) is 1. The summed E-state index contributed by atoms with van der Waals surface area (Å²) < 4.78 is 0. The van der Waals surface area contributed by atoms with E-state index in [0.717, 1.165) is 6.20 Å². The molecule has 0 amide bonds. The SMILES string of the molecule is Cc1ncc(C(=O)O)c(C(=O)O)c1O. The van der Waals surface area contributed by atoms with Crippen molar-refractivity contribution in [3.8, 4) is 5.75 Å². The number of pyridine rings is 1. The average Bonchev–Trinajstić information content (AvgIpc) is 2.08. The predicted octanol–water partition coefficient (Wildman–Crippen LogP) is 0.492. The topological polar surface area (TPSA) is 108 Å². The Morgan fingerprint density at radius 1 is 1.29 bits per heavy atom. The minimum atomic E-state index is -1.50. The fraction of sp³-hybridized carbons (Fsp3) is 0.125. The third-order valence-corrected chi connectivity index (χ3v) is 1.68. The number of hydrogen-bond acceptors (Lipinski definition) is 4. The van der Waals surface area contributed by atoms with Crippen molar-refractivity contribution in [3.63, 3.8) is 0 Å². The lowest BCUT2D eigenvalue weighted by Crippen LogP contribution is -2.10. The Morgan fingerprint density at radius 3 is 2.29 bits per heavy atom. The fourth-order valence-corrected chi connectivity index (χ4v) is 0.974. The molecule has 3 N–H and O–H groups in total. The zero-order chi connectivity index (χ0) is 10.9. The van der Waals surface area contributed by atoms with Gasteiger partial charge < -0.3 is 15.3 Å². The quantitative estimate of drug-likeness (QED) is 0.636. The molecule has 0 fully saturated rings. The largest absolute Gasteiger partial charge is 0.505 e. The van der Waals surface area contributed by atoms with Crippen molar-refractivity contribution in [1.82, 2.24) is 4.98 Å². The molecule has 14 heavy (non-hydrogen) atoms. The molecule has 0 atom stereocenters. The Bertz CT molecular complexity index is 412. The molecule has 0 bridgehead atoms.